The van der Waals surface area contributed by atoms with Gasteiger partial charge in [-0.2, -0.15) is 8.42 Å². The molecule has 0 amide bonds. The van der Waals surface area contributed by atoms with E-state index in [9.17, 15) is 8.42 Å². The molecule has 5 nitrogen and oxygen atoms in total. The van der Waals surface area contributed by atoms with Crippen LogP contribution in [0.15, 0.2) is 0 Å². The Balaban J connectivity index is 4.29. The van der Waals surface area contributed by atoms with E-state index in [1.165, 1.54) is 0 Å². The van der Waals surface area contributed by atoms with Gasteiger partial charge < -0.3 is 5.11 Å². The summed E-state index contributed by atoms with van der Waals surface area (Å²) >= 11 is 0. The lowest BCUT2D eigenvalue weighted by Gasteiger charge is -2.25. The first-order valence-corrected chi connectivity index (χ1v) is 7.82. The summed E-state index contributed by atoms with van der Waals surface area (Å²) in [4.78, 5) is 1.60. The molecule has 0 aromatic carbocycles. The van der Waals surface area contributed by atoms with Crippen molar-refractivity contribution in [2.24, 2.45) is 5.92 Å². The number of hydrogen-bond acceptors (Lipinski definition) is 4. The average Bonchev–Trinajstić information content (AvgIpc) is 2.22. The van der Waals surface area contributed by atoms with Crippen molar-refractivity contribution in [2.45, 2.75) is 39.5 Å². The Hall–Kier alpha value is -0.170. The van der Waals surface area contributed by atoms with Gasteiger partial charge in [-0.25, -0.2) is 0 Å². The summed E-state index contributed by atoms with van der Waals surface area (Å²) in [6.45, 7) is 4.99. The minimum absolute atomic E-state index is 0.0975. The third-order valence-electron chi connectivity index (χ3n) is 2.82. The molecule has 0 spiro atoms. The summed E-state index contributed by atoms with van der Waals surface area (Å²) in [5.74, 6) is 0.0270. The maximum Gasteiger partial charge on any atom is 0.278 e. The lowest BCUT2D eigenvalue weighted by molar-refractivity contribution is 0.185. The van der Waals surface area contributed by atoms with E-state index in [2.05, 4.69) is 13.8 Å². The third-order valence-corrected chi connectivity index (χ3v) is 3.51. The second-order valence-corrected chi connectivity index (χ2v) is 5.85. The molecule has 0 rings (SSSR count). The van der Waals surface area contributed by atoms with Gasteiger partial charge in [0.25, 0.3) is 10.1 Å². The van der Waals surface area contributed by atoms with Crippen LogP contribution in [0.2, 0.25) is 0 Å². The molecule has 0 aromatic heterocycles. The van der Waals surface area contributed by atoms with Gasteiger partial charge in [-0.15, -0.1) is 0 Å². The summed E-state index contributed by atoms with van der Waals surface area (Å²) < 4.78 is 30.5. The molecule has 104 valence electrons. The summed E-state index contributed by atoms with van der Waals surface area (Å²) in [6, 6.07) is 0. The summed E-state index contributed by atoms with van der Waals surface area (Å²) in [5.41, 5.74) is 0. The van der Waals surface area contributed by atoms with Crippen molar-refractivity contribution in [3.63, 3.8) is 0 Å². The van der Waals surface area contributed by atoms with Crippen molar-refractivity contribution in [1.82, 2.24) is 4.90 Å². The maximum absolute atomic E-state index is 10.8. The third kappa shape index (κ3) is 9.52. The van der Waals surface area contributed by atoms with Crippen molar-refractivity contribution in [3.05, 3.63) is 0 Å². The highest BCUT2D eigenvalue weighted by atomic mass is 32.2. The van der Waals surface area contributed by atoms with E-state index < -0.39 is 16.0 Å². The molecule has 0 heterocycles. The Morgan fingerprint density at radius 2 is 1.94 bits per heavy atom. The van der Waals surface area contributed by atoms with Gasteiger partial charge in [-0.3, -0.25) is 9.45 Å². The Morgan fingerprint density at radius 3 is 2.35 bits per heavy atom. The minimum atomic E-state index is -4.01. The fraction of sp³-hybridized carbons (Fsp3) is 1.00. The van der Waals surface area contributed by atoms with E-state index >= 15 is 0 Å². The van der Waals surface area contributed by atoms with Crippen LogP contribution in [-0.4, -0.2) is 48.6 Å². The van der Waals surface area contributed by atoms with Crippen molar-refractivity contribution in [1.29, 1.82) is 0 Å². The number of aliphatic hydroxyl groups is 1. The van der Waals surface area contributed by atoms with Gasteiger partial charge in [-0.1, -0.05) is 33.1 Å². The van der Waals surface area contributed by atoms with Crippen LogP contribution in [0, 0.1) is 5.92 Å². The number of nitrogens with zero attached hydrogens (tertiary/aromatic N) is 1. The number of rotatable bonds is 10. The van der Waals surface area contributed by atoms with Crippen molar-refractivity contribution >= 4 is 10.1 Å². The number of unbranched alkanes of at least 4 members (excludes halogenated alkanes) is 1. The molecule has 6 heteroatoms. The fourth-order valence-electron chi connectivity index (χ4n) is 1.86. The van der Waals surface area contributed by atoms with Gasteiger partial charge in [0.15, 0.2) is 0 Å². The van der Waals surface area contributed by atoms with E-state index in [1.807, 2.05) is 0 Å². The smallest absolute Gasteiger partial charge is 0.278 e. The van der Waals surface area contributed by atoms with Crippen LogP contribution in [0.25, 0.3) is 0 Å². The SMILES string of the molecule is CCCCC(CC)CN(CCO)CS(=O)(=O)O. The fourth-order valence-corrected chi connectivity index (χ4v) is 2.56. The average molecular weight is 267 g/mol. The second kappa shape index (κ2) is 8.85. The Kier molecular flexibility index (Phi) is 8.77. The number of hydrogen-bond donors (Lipinski definition) is 2. The van der Waals surface area contributed by atoms with Crippen LogP contribution in [0.4, 0.5) is 0 Å². The molecule has 0 aliphatic heterocycles. The van der Waals surface area contributed by atoms with Gasteiger partial charge in [-0.05, 0) is 12.3 Å². The van der Waals surface area contributed by atoms with Gasteiger partial charge in [0.2, 0.25) is 0 Å². The topological polar surface area (TPSA) is 77.8 Å². The number of aliphatic hydroxyl groups excluding tert-OH is 1. The lowest BCUT2D eigenvalue weighted by atomic mass is 9.99. The molecule has 0 aliphatic carbocycles. The Morgan fingerprint density at radius 1 is 1.29 bits per heavy atom. The van der Waals surface area contributed by atoms with E-state index in [-0.39, 0.29) is 13.2 Å². The van der Waals surface area contributed by atoms with Crippen LogP contribution in [0.3, 0.4) is 0 Å². The molecule has 17 heavy (non-hydrogen) atoms. The minimum Gasteiger partial charge on any atom is -0.395 e. The van der Waals surface area contributed by atoms with Crippen LogP contribution in [0.1, 0.15) is 39.5 Å². The molecular formula is C11H25NO4S. The summed E-state index contributed by atoms with van der Waals surface area (Å²) in [7, 11) is -4.01. The zero-order chi connectivity index (χ0) is 13.3. The molecule has 2 N–H and O–H groups in total. The highest BCUT2D eigenvalue weighted by molar-refractivity contribution is 7.85. The molecule has 0 bridgehead atoms. The van der Waals surface area contributed by atoms with Crippen molar-refractivity contribution < 1.29 is 18.1 Å². The van der Waals surface area contributed by atoms with Gasteiger partial charge in [0.05, 0.1) is 6.61 Å². The van der Waals surface area contributed by atoms with Crippen LogP contribution in [0.5, 0.6) is 0 Å². The molecule has 0 saturated carbocycles. The van der Waals surface area contributed by atoms with Crippen molar-refractivity contribution in [3.8, 4) is 0 Å². The quantitative estimate of drug-likeness (QED) is 0.584. The summed E-state index contributed by atoms with van der Waals surface area (Å²) in [6.07, 6.45) is 4.28. The molecule has 1 unspecified atom stereocenters. The largest absolute Gasteiger partial charge is 0.395 e. The highest BCUT2D eigenvalue weighted by Crippen LogP contribution is 2.14. The monoisotopic (exact) mass is 267 g/mol. The normalized spacial score (nSPS) is 14.2. The Bertz CT molecular complexity index is 279. The lowest BCUT2D eigenvalue weighted by Crippen LogP contribution is -2.36. The second-order valence-electron chi connectivity index (χ2n) is 4.43. The molecule has 0 aliphatic rings. The first-order chi connectivity index (χ1) is 7.92. The van der Waals surface area contributed by atoms with E-state index in [1.54, 1.807) is 4.90 Å². The predicted octanol–water partition coefficient (Wildman–Crippen LogP) is 1.34. The molecule has 0 saturated heterocycles. The van der Waals surface area contributed by atoms with Gasteiger partial charge >= 0.3 is 0 Å². The Labute approximate surface area is 105 Å². The first kappa shape index (κ1) is 16.8. The first-order valence-electron chi connectivity index (χ1n) is 6.21. The van der Waals surface area contributed by atoms with Crippen LogP contribution < -0.4 is 0 Å². The zero-order valence-corrected chi connectivity index (χ0v) is 11.6. The molecular weight excluding hydrogens is 242 g/mol. The zero-order valence-electron chi connectivity index (χ0n) is 10.8. The van der Waals surface area contributed by atoms with Crippen molar-refractivity contribution in [2.75, 3.05) is 25.6 Å². The molecule has 0 fully saturated rings. The summed E-state index contributed by atoms with van der Waals surface area (Å²) in [5, 5.41) is 8.88. The standard InChI is InChI=1S/C11H25NO4S/c1-3-5-6-11(4-2)9-12(7-8-13)10-17(14,15)16/h11,13H,3-10H2,1-2H3,(H,14,15,16). The van der Waals surface area contributed by atoms with Gasteiger partial charge in [0.1, 0.15) is 5.88 Å². The maximum atomic E-state index is 10.8. The molecule has 0 radical (unpaired) electrons. The molecule has 1 atom stereocenters. The van der Waals surface area contributed by atoms with Crippen LogP contribution >= 0.6 is 0 Å². The van der Waals surface area contributed by atoms with E-state index in [0.717, 1.165) is 25.7 Å². The van der Waals surface area contributed by atoms with E-state index in [0.29, 0.717) is 12.5 Å². The predicted molar refractivity (Wildman–Crippen MR) is 68.4 cm³/mol. The van der Waals surface area contributed by atoms with Crippen LogP contribution in [-0.2, 0) is 10.1 Å². The highest BCUT2D eigenvalue weighted by Gasteiger charge is 2.17. The van der Waals surface area contributed by atoms with E-state index in [4.69, 9.17) is 9.66 Å². The van der Waals surface area contributed by atoms with Gasteiger partial charge in [0, 0.05) is 13.1 Å². The molecule has 0 aromatic rings.